The predicted molar refractivity (Wildman–Crippen MR) is 60.7 cm³/mol. The van der Waals surface area contributed by atoms with Gasteiger partial charge in [-0.2, -0.15) is 0 Å². The van der Waals surface area contributed by atoms with Crippen LogP contribution in [0.25, 0.3) is 0 Å². The number of hydrogen-bond acceptors (Lipinski definition) is 1. The Kier molecular flexibility index (Phi) is 2.60. The van der Waals surface area contributed by atoms with Crippen molar-refractivity contribution in [2.24, 2.45) is 0 Å². The van der Waals surface area contributed by atoms with Gasteiger partial charge in [-0.25, -0.2) is 0 Å². The lowest BCUT2D eigenvalue weighted by Gasteiger charge is -2.35. The molecular weight excluding hydrogens is 170 g/mol. The van der Waals surface area contributed by atoms with Crippen molar-refractivity contribution in [1.29, 1.82) is 0 Å². The molecule has 1 aromatic rings. The van der Waals surface area contributed by atoms with Gasteiger partial charge >= 0.3 is 0 Å². The van der Waals surface area contributed by atoms with E-state index in [1.807, 2.05) is 0 Å². The highest BCUT2D eigenvalue weighted by molar-refractivity contribution is 5.32. The van der Waals surface area contributed by atoms with Crippen molar-refractivity contribution >= 4 is 0 Å². The summed E-state index contributed by atoms with van der Waals surface area (Å²) in [7, 11) is 2.06. The SMILES string of the molecule is CNC1CC(c2cc(C)cc(C)c2)C1. The average Bonchev–Trinajstić information content (AvgIpc) is 2.00. The summed E-state index contributed by atoms with van der Waals surface area (Å²) in [6.07, 6.45) is 2.61. The van der Waals surface area contributed by atoms with Gasteiger partial charge in [0.05, 0.1) is 0 Å². The molecule has 76 valence electrons. The van der Waals surface area contributed by atoms with Crippen molar-refractivity contribution in [1.82, 2.24) is 5.32 Å². The second-order valence-electron chi connectivity index (χ2n) is 4.57. The molecule has 1 aliphatic rings. The first kappa shape index (κ1) is 9.72. The molecule has 0 spiro atoms. The minimum Gasteiger partial charge on any atom is -0.317 e. The first-order valence-electron chi connectivity index (χ1n) is 5.44. The Morgan fingerprint density at radius 1 is 1.07 bits per heavy atom. The summed E-state index contributed by atoms with van der Waals surface area (Å²) in [6.45, 7) is 4.37. The van der Waals surface area contributed by atoms with Gasteiger partial charge in [-0.05, 0) is 45.2 Å². The molecule has 1 fully saturated rings. The van der Waals surface area contributed by atoms with Crippen LogP contribution in [-0.2, 0) is 0 Å². The number of nitrogens with one attached hydrogen (secondary N) is 1. The summed E-state index contributed by atoms with van der Waals surface area (Å²) in [5, 5.41) is 3.33. The van der Waals surface area contributed by atoms with Crippen LogP contribution in [0.3, 0.4) is 0 Å². The summed E-state index contributed by atoms with van der Waals surface area (Å²) in [5.74, 6) is 0.797. The summed E-state index contributed by atoms with van der Waals surface area (Å²) in [6, 6.07) is 7.67. The molecule has 1 heteroatoms. The Morgan fingerprint density at radius 3 is 2.14 bits per heavy atom. The zero-order chi connectivity index (χ0) is 10.1. The molecule has 0 bridgehead atoms. The maximum absolute atomic E-state index is 3.33. The molecule has 0 radical (unpaired) electrons. The van der Waals surface area contributed by atoms with Gasteiger partial charge in [0.25, 0.3) is 0 Å². The van der Waals surface area contributed by atoms with Gasteiger partial charge in [-0.15, -0.1) is 0 Å². The van der Waals surface area contributed by atoms with E-state index in [1.54, 1.807) is 0 Å². The lowest BCUT2D eigenvalue weighted by Crippen LogP contribution is -2.37. The molecule has 1 saturated carbocycles. The van der Waals surface area contributed by atoms with Crippen molar-refractivity contribution in [3.8, 4) is 0 Å². The Balaban J connectivity index is 2.10. The van der Waals surface area contributed by atoms with E-state index in [0.29, 0.717) is 0 Å². The van der Waals surface area contributed by atoms with Crippen LogP contribution in [-0.4, -0.2) is 13.1 Å². The van der Waals surface area contributed by atoms with Crippen LogP contribution in [0.5, 0.6) is 0 Å². The molecule has 1 N–H and O–H groups in total. The van der Waals surface area contributed by atoms with Crippen molar-refractivity contribution < 1.29 is 0 Å². The highest BCUT2D eigenvalue weighted by Gasteiger charge is 2.28. The fraction of sp³-hybridized carbons (Fsp3) is 0.538. The van der Waals surface area contributed by atoms with Crippen LogP contribution in [0.1, 0.15) is 35.4 Å². The van der Waals surface area contributed by atoms with Gasteiger partial charge in [0.1, 0.15) is 0 Å². The van der Waals surface area contributed by atoms with Crippen molar-refractivity contribution in [2.45, 2.75) is 38.6 Å². The second-order valence-corrected chi connectivity index (χ2v) is 4.57. The Labute approximate surface area is 86.5 Å². The van der Waals surface area contributed by atoms with E-state index in [4.69, 9.17) is 0 Å². The van der Waals surface area contributed by atoms with E-state index >= 15 is 0 Å². The lowest BCUT2D eigenvalue weighted by atomic mass is 9.75. The number of aryl methyl sites for hydroxylation is 2. The zero-order valence-corrected chi connectivity index (χ0v) is 9.30. The standard InChI is InChI=1S/C13H19N/c1-9-4-10(2)6-11(5-9)12-7-13(8-12)14-3/h4-6,12-14H,7-8H2,1-3H3. The molecule has 0 saturated heterocycles. The fourth-order valence-corrected chi connectivity index (χ4v) is 2.37. The maximum atomic E-state index is 3.33. The predicted octanol–water partition coefficient (Wildman–Crippen LogP) is 2.77. The van der Waals surface area contributed by atoms with Crippen LogP contribution in [0.4, 0.5) is 0 Å². The van der Waals surface area contributed by atoms with Gasteiger partial charge < -0.3 is 5.32 Å². The van der Waals surface area contributed by atoms with Gasteiger partial charge in [-0.3, -0.25) is 0 Å². The largest absolute Gasteiger partial charge is 0.317 e. The van der Waals surface area contributed by atoms with E-state index in [9.17, 15) is 0 Å². The van der Waals surface area contributed by atoms with Crippen LogP contribution in [0.2, 0.25) is 0 Å². The number of hydrogen-bond donors (Lipinski definition) is 1. The van der Waals surface area contributed by atoms with E-state index in [0.717, 1.165) is 12.0 Å². The van der Waals surface area contributed by atoms with Crippen LogP contribution in [0.15, 0.2) is 18.2 Å². The molecule has 0 amide bonds. The second kappa shape index (κ2) is 3.74. The fourth-order valence-electron chi connectivity index (χ4n) is 2.37. The van der Waals surface area contributed by atoms with Crippen LogP contribution >= 0.6 is 0 Å². The molecule has 0 unspecified atom stereocenters. The molecule has 0 atom stereocenters. The van der Waals surface area contributed by atoms with Gasteiger partial charge in [0.15, 0.2) is 0 Å². The minimum atomic E-state index is 0.751. The minimum absolute atomic E-state index is 0.751. The van der Waals surface area contributed by atoms with E-state index < -0.39 is 0 Å². The molecule has 1 aliphatic carbocycles. The topological polar surface area (TPSA) is 12.0 Å². The summed E-state index contributed by atoms with van der Waals surface area (Å²) >= 11 is 0. The molecule has 1 aromatic carbocycles. The maximum Gasteiger partial charge on any atom is 0.00757 e. The van der Waals surface area contributed by atoms with E-state index in [-0.39, 0.29) is 0 Å². The summed E-state index contributed by atoms with van der Waals surface area (Å²) in [5.41, 5.74) is 4.33. The first-order chi connectivity index (χ1) is 6.69. The monoisotopic (exact) mass is 189 g/mol. The lowest BCUT2D eigenvalue weighted by molar-refractivity contribution is 0.307. The molecule has 14 heavy (non-hydrogen) atoms. The van der Waals surface area contributed by atoms with Crippen molar-refractivity contribution in [3.63, 3.8) is 0 Å². The highest BCUT2D eigenvalue weighted by Crippen LogP contribution is 2.37. The van der Waals surface area contributed by atoms with E-state index in [2.05, 4.69) is 44.4 Å². The van der Waals surface area contributed by atoms with Gasteiger partial charge in [-0.1, -0.05) is 29.3 Å². The molecule has 2 rings (SSSR count). The van der Waals surface area contributed by atoms with Crippen LogP contribution < -0.4 is 5.32 Å². The third-order valence-corrected chi connectivity index (χ3v) is 3.26. The third-order valence-electron chi connectivity index (χ3n) is 3.26. The molecule has 1 nitrogen and oxygen atoms in total. The normalized spacial score (nSPS) is 25.9. The van der Waals surface area contributed by atoms with Gasteiger partial charge in [0.2, 0.25) is 0 Å². The van der Waals surface area contributed by atoms with Gasteiger partial charge in [0, 0.05) is 6.04 Å². The Bertz CT molecular complexity index is 304. The molecule has 0 heterocycles. The quantitative estimate of drug-likeness (QED) is 0.754. The van der Waals surface area contributed by atoms with Crippen molar-refractivity contribution in [2.75, 3.05) is 7.05 Å². The molecular formula is C13H19N. The zero-order valence-electron chi connectivity index (χ0n) is 9.30. The summed E-state index contributed by atoms with van der Waals surface area (Å²) in [4.78, 5) is 0. The number of benzene rings is 1. The third kappa shape index (κ3) is 1.83. The molecule has 0 aromatic heterocycles. The Hall–Kier alpha value is -0.820. The smallest absolute Gasteiger partial charge is 0.00757 e. The summed E-state index contributed by atoms with van der Waals surface area (Å²) < 4.78 is 0. The van der Waals surface area contributed by atoms with Crippen LogP contribution in [0, 0.1) is 13.8 Å². The van der Waals surface area contributed by atoms with Crippen molar-refractivity contribution in [3.05, 3.63) is 34.9 Å². The average molecular weight is 189 g/mol. The van der Waals surface area contributed by atoms with E-state index in [1.165, 1.54) is 29.5 Å². The number of rotatable bonds is 2. The highest BCUT2D eigenvalue weighted by atomic mass is 14.9. The Morgan fingerprint density at radius 2 is 1.64 bits per heavy atom. The first-order valence-corrected chi connectivity index (χ1v) is 5.44. The molecule has 0 aliphatic heterocycles.